The van der Waals surface area contributed by atoms with Gasteiger partial charge in [0.25, 0.3) is 5.91 Å². The van der Waals surface area contributed by atoms with Gasteiger partial charge >= 0.3 is 0 Å². The van der Waals surface area contributed by atoms with Crippen molar-refractivity contribution in [1.29, 1.82) is 0 Å². The molecule has 6 nitrogen and oxygen atoms in total. The lowest BCUT2D eigenvalue weighted by Gasteiger charge is -2.41. The van der Waals surface area contributed by atoms with Crippen molar-refractivity contribution < 1.29 is 19.1 Å². The fourth-order valence-electron chi connectivity index (χ4n) is 3.73. The Morgan fingerprint density at radius 2 is 2.03 bits per heavy atom. The van der Waals surface area contributed by atoms with Crippen molar-refractivity contribution in [2.45, 2.75) is 25.3 Å². The summed E-state index contributed by atoms with van der Waals surface area (Å²) in [4.78, 5) is 29.3. The number of fused-ring (bicyclic) bond motifs is 1. The molecule has 0 bridgehead atoms. The minimum absolute atomic E-state index is 0.0588. The van der Waals surface area contributed by atoms with Crippen molar-refractivity contribution in [1.82, 2.24) is 10.2 Å². The van der Waals surface area contributed by atoms with Crippen LogP contribution >= 0.6 is 11.3 Å². The molecule has 1 aliphatic heterocycles. The average molecular weight is 417 g/mol. The van der Waals surface area contributed by atoms with Crippen LogP contribution in [0.2, 0.25) is 0 Å². The van der Waals surface area contributed by atoms with Crippen molar-refractivity contribution >= 4 is 23.2 Å². The van der Waals surface area contributed by atoms with E-state index in [-0.39, 0.29) is 17.9 Å². The van der Waals surface area contributed by atoms with Gasteiger partial charge in [0, 0.05) is 43.9 Å². The van der Waals surface area contributed by atoms with Gasteiger partial charge in [0.1, 0.15) is 0 Å². The van der Waals surface area contributed by atoms with Gasteiger partial charge in [-0.05, 0) is 36.4 Å². The highest BCUT2D eigenvalue weighted by atomic mass is 32.1. The summed E-state index contributed by atoms with van der Waals surface area (Å²) in [5.41, 5.74) is 1.37. The summed E-state index contributed by atoms with van der Waals surface area (Å²) in [6.07, 6.45) is 0.754. The van der Waals surface area contributed by atoms with Crippen LogP contribution in [-0.2, 0) is 14.3 Å². The molecular weight excluding hydrogens is 388 g/mol. The van der Waals surface area contributed by atoms with E-state index < -0.39 is 5.92 Å². The highest BCUT2D eigenvalue weighted by Crippen LogP contribution is 2.44. The van der Waals surface area contributed by atoms with Crippen molar-refractivity contribution in [3.8, 4) is 0 Å². The normalized spacial score (nSPS) is 18.6. The highest BCUT2D eigenvalue weighted by Gasteiger charge is 2.44. The lowest BCUT2D eigenvalue weighted by molar-refractivity contribution is -0.124. The summed E-state index contributed by atoms with van der Waals surface area (Å²) in [7, 11) is 1.62. The van der Waals surface area contributed by atoms with E-state index in [4.69, 9.17) is 9.47 Å². The third-order valence-corrected chi connectivity index (χ3v) is 6.00. The number of carbonyl (C=O) groups excluding carboxylic acids is 2. The van der Waals surface area contributed by atoms with Crippen LogP contribution < -0.4 is 5.32 Å². The first-order valence-corrected chi connectivity index (χ1v) is 10.8. The molecule has 0 saturated heterocycles. The quantitative estimate of drug-likeness (QED) is 0.604. The van der Waals surface area contributed by atoms with Crippen molar-refractivity contribution in [2.75, 3.05) is 40.0 Å². The smallest absolute Gasteiger partial charge is 0.254 e. The average Bonchev–Trinajstić information content (AvgIpc) is 3.27. The Kier molecular flexibility index (Phi) is 7.80. The summed E-state index contributed by atoms with van der Waals surface area (Å²) in [6.45, 7) is 4.63. The van der Waals surface area contributed by atoms with Crippen LogP contribution in [0.5, 0.6) is 0 Å². The SMILES string of the molecule is CCOCCCNC(=O)[C@@H]1c2ccccc2C(=O)N(CCOC)[C@H]1c1cccs1. The monoisotopic (exact) mass is 416 g/mol. The zero-order chi connectivity index (χ0) is 20.6. The molecule has 156 valence electrons. The van der Waals surface area contributed by atoms with E-state index in [1.807, 2.05) is 42.6 Å². The second-order valence-corrected chi connectivity index (χ2v) is 7.84. The number of methoxy groups -OCH3 is 1. The fraction of sp³-hybridized carbons (Fsp3) is 0.455. The predicted molar refractivity (Wildman–Crippen MR) is 113 cm³/mol. The number of rotatable bonds is 10. The van der Waals surface area contributed by atoms with E-state index in [1.165, 1.54) is 0 Å². The summed E-state index contributed by atoms with van der Waals surface area (Å²) < 4.78 is 10.6. The van der Waals surface area contributed by atoms with Crippen LogP contribution in [0.4, 0.5) is 0 Å². The molecule has 2 amide bonds. The van der Waals surface area contributed by atoms with Gasteiger partial charge in [0.2, 0.25) is 5.91 Å². The Morgan fingerprint density at radius 1 is 1.21 bits per heavy atom. The molecule has 0 fully saturated rings. The number of benzene rings is 1. The Morgan fingerprint density at radius 3 is 2.76 bits per heavy atom. The number of hydrogen-bond acceptors (Lipinski definition) is 5. The van der Waals surface area contributed by atoms with Gasteiger partial charge in [0.15, 0.2) is 0 Å². The molecule has 1 aromatic carbocycles. The van der Waals surface area contributed by atoms with Crippen LogP contribution in [0.3, 0.4) is 0 Å². The molecule has 29 heavy (non-hydrogen) atoms. The third kappa shape index (κ3) is 4.86. The van der Waals surface area contributed by atoms with Crippen molar-refractivity contribution in [3.63, 3.8) is 0 Å². The lowest BCUT2D eigenvalue weighted by Crippen LogP contribution is -2.48. The van der Waals surface area contributed by atoms with Gasteiger partial charge in [-0.25, -0.2) is 0 Å². The van der Waals surface area contributed by atoms with Crippen molar-refractivity contribution in [2.24, 2.45) is 0 Å². The molecule has 0 unspecified atom stereocenters. The first-order chi connectivity index (χ1) is 14.2. The molecule has 2 atom stereocenters. The summed E-state index contributed by atoms with van der Waals surface area (Å²) in [6, 6.07) is 11.0. The van der Waals surface area contributed by atoms with Gasteiger partial charge in [-0.3, -0.25) is 9.59 Å². The first-order valence-electron chi connectivity index (χ1n) is 9.96. The number of nitrogens with zero attached hydrogens (tertiary/aromatic N) is 1. The molecule has 3 rings (SSSR count). The number of thiophene rings is 1. The number of ether oxygens (including phenoxy) is 2. The topological polar surface area (TPSA) is 67.9 Å². The minimum Gasteiger partial charge on any atom is -0.383 e. The van der Waals surface area contributed by atoms with E-state index >= 15 is 0 Å². The number of amides is 2. The molecule has 1 aromatic heterocycles. The Bertz CT molecular complexity index is 809. The molecule has 0 aliphatic carbocycles. The van der Waals surface area contributed by atoms with Crippen LogP contribution in [0, 0.1) is 0 Å². The van der Waals surface area contributed by atoms with Gasteiger partial charge in [-0.1, -0.05) is 24.3 Å². The zero-order valence-corrected chi connectivity index (χ0v) is 17.7. The Labute approximate surface area is 175 Å². The number of carbonyl (C=O) groups is 2. The molecule has 2 aromatic rings. The molecule has 0 spiro atoms. The summed E-state index contributed by atoms with van der Waals surface area (Å²) in [5, 5.41) is 5.03. The molecular formula is C22H28N2O4S. The van der Waals surface area contributed by atoms with Crippen LogP contribution in [0.15, 0.2) is 41.8 Å². The molecule has 0 saturated carbocycles. The standard InChI is InChI=1S/C22H28N2O4S/c1-3-28-13-7-11-23-21(25)19-16-8-4-5-9-17(16)22(26)24(12-14-27-2)20(19)18-10-6-15-29-18/h4-6,8-10,15,19-20H,3,7,11-14H2,1-2H3,(H,23,25)/t19-,20+/m1/s1. The second-order valence-electron chi connectivity index (χ2n) is 6.86. The van der Waals surface area contributed by atoms with Gasteiger partial charge in [0.05, 0.1) is 18.6 Å². The van der Waals surface area contributed by atoms with Gasteiger partial charge in [-0.2, -0.15) is 0 Å². The van der Waals surface area contributed by atoms with E-state index in [1.54, 1.807) is 29.4 Å². The summed E-state index contributed by atoms with van der Waals surface area (Å²) >= 11 is 1.56. The Hall–Kier alpha value is -2.22. The molecule has 1 aliphatic rings. The second kappa shape index (κ2) is 10.5. The zero-order valence-electron chi connectivity index (χ0n) is 16.9. The van der Waals surface area contributed by atoms with E-state index in [2.05, 4.69) is 5.32 Å². The molecule has 1 N–H and O–H groups in total. The maximum Gasteiger partial charge on any atom is 0.254 e. The van der Waals surface area contributed by atoms with Crippen LogP contribution in [0.1, 0.15) is 46.1 Å². The number of hydrogen-bond donors (Lipinski definition) is 1. The van der Waals surface area contributed by atoms with Gasteiger partial charge in [-0.15, -0.1) is 11.3 Å². The number of nitrogens with one attached hydrogen (secondary N) is 1. The van der Waals surface area contributed by atoms with E-state index in [0.717, 1.165) is 16.9 Å². The minimum atomic E-state index is -0.466. The molecule has 7 heteroatoms. The van der Waals surface area contributed by atoms with Crippen LogP contribution in [0.25, 0.3) is 0 Å². The van der Waals surface area contributed by atoms with Gasteiger partial charge < -0.3 is 19.7 Å². The maximum atomic E-state index is 13.3. The van der Waals surface area contributed by atoms with Crippen molar-refractivity contribution in [3.05, 3.63) is 57.8 Å². The predicted octanol–water partition coefficient (Wildman–Crippen LogP) is 3.22. The maximum absolute atomic E-state index is 13.3. The third-order valence-electron chi connectivity index (χ3n) is 5.06. The highest BCUT2D eigenvalue weighted by molar-refractivity contribution is 7.10. The summed E-state index contributed by atoms with van der Waals surface area (Å²) in [5.74, 6) is -0.592. The molecule has 2 heterocycles. The molecule has 0 radical (unpaired) electrons. The van der Waals surface area contributed by atoms with Crippen LogP contribution in [-0.4, -0.2) is 56.7 Å². The largest absolute Gasteiger partial charge is 0.383 e. The fourth-order valence-corrected chi connectivity index (χ4v) is 4.60. The Balaban J connectivity index is 1.93. The van der Waals surface area contributed by atoms with E-state index in [9.17, 15) is 9.59 Å². The van der Waals surface area contributed by atoms with E-state index in [0.29, 0.717) is 38.5 Å². The lowest BCUT2D eigenvalue weighted by atomic mass is 9.81. The first kappa shape index (κ1) is 21.5.